The molecule has 1 aliphatic carbocycles. The molecule has 3 rings (SSSR count). The summed E-state index contributed by atoms with van der Waals surface area (Å²) >= 11 is 0. The lowest BCUT2D eigenvalue weighted by Crippen LogP contribution is -2.29. The van der Waals surface area contributed by atoms with Crippen molar-refractivity contribution < 1.29 is 0 Å². The summed E-state index contributed by atoms with van der Waals surface area (Å²) in [6, 6.07) is 2.11. The first-order valence-electron chi connectivity index (χ1n) is 6.66. The van der Waals surface area contributed by atoms with Crippen molar-refractivity contribution >= 4 is 16.7 Å². The maximum Gasteiger partial charge on any atom is 0.159 e. The van der Waals surface area contributed by atoms with E-state index in [1.165, 1.54) is 30.3 Å². The van der Waals surface area contributed by atoms with Crippen molar-refractivity contribution in [1.82, 2.24) is 14.8 Å². The van der Waals surface area contributed by atoms with Crippen LogP contribution in [0.4, 0.5) is 5.69 Å². The van der Waals surface area contributed by atoms with Gasteiger partial charge in [0.1, 0.15) is 0 Å². The van der Waals surface area contributed by atoms with Crippen molar-refractivity contribution in [3.8, 4) is 0 Å². The van der Waals surface area contributed by atoms with Crippen LogP contribution in [0.5, 0.6) is 0 Å². The first kappa shape index (κ1) is 11.5. The Morgan fingerprint density at radius 3 is 2.89 bits per heavy atom. The average Bonchev–Trinajstić information content (AvgIpc) is 2.60. The van der Waals surface area contributed by atoms with Crippen LogP contribution in [0.2, 0.25) is 0 Å². The van der Waals surface area contributed by atoms with Crippen molar-refractivity contribution in [3.63, 3.8) is 0 Å². The van der Waals surface area contributed by atoms with Gasteiger partial charge in [0.25, 0.3) is 0 Å². The van der Waals surface area contributed by atoms with E-state index in [0.29, 0.717) is 0 Å². The number of hydrogen-bond acceptors (Lipinski definition) is 3. The molecule has 0 radical (unpaired) electrons. The highest BCUT2D eigenvalue weighted by Crippen LogP contribution is 2.31. The Morgan fingerprint density at radius 2 is 2.22 bits per heavy atom. The zero-order valence-corrected chi connectivity index (χ0v) is 11.3. The minimum atomic E-state index is 0.871. The molecule has 0 aliphatic heterocycles. The van der Waals surface area contributed by atoms with Gasteiger partial charge in [-0.25, -0.2) is 4.98 Å². The Kier molecular flexibility index (Phi) is 2.73. The summed E-state index contributed by atoms with van der Waals surface area (Å²) in [6.07, 6.45) is 6.04. The third-order valence-electron chi connectivity index (χ3n) is 4.05. The van der Waals surface area contributed by atoms with Gasteiger partial charge < -0.3 is 4.90 Å². The molecule has 96 valence electrons. The number of hydrogen-bond donors (Lipinski definition) is 0. The number of nitrogens with zero attached hydrogens (tertiary/aromatic N) is 4. The minimum absolute atomic E-state index is 0.871. The van der Waals surface area contributed by atoms with E-state index in [-0.39, 0.29) is 0 Å². The molecule has 0 spiro atoms. The van der Waals surface area contributed by atoms with Crippen molar-refractivity contribution in [3.05, 3.63) is 18.0 Å². The molecule has 4 heteroatoms. The van der Waals surface area contributed by atoms with Gasteiger partial charge >= 0.3 is 0 Å². The monoisotopic (exact) mass is 244 g/mol. The van der Waals surface area contributed by atoms with Crippen molar-refractivity contribution in [1.29, 1.82) is 0 Å². The number of aromatic nitrogens is 3. The van der Waals surface area contributed by atoms with E-state index < -0.39 is 0 Å². The van der Waals surface area contributed by atoms with E-state index in [0.717, 1.165) is 23.8 Å². The summed E-state index contributed by atoms with van der Waals surface area (Å²) < 4.78 is 1.87. The zero-order valence-electron chi connectivity index (χ0n) is 11.3. The lowest BCUT2D eigenvalue weighted by atomic mass is 9.85. The van der Waals surface area contributed by atoms with Crippen LogP contribution in [0.1, 0.15) is 25.0 Å². The number of anilines is 1. The standard InChI is InChI=1S/C14H20N4/c1-10-13-12(17(2)9-11-5-4-6-11)7-8-15-14(13)18(3)16-10/h7-8,11H,4-6,9H2,1-3H3. The van der Waals surface area contributed by atoms with Crippen molar-refractivity contribution in [2.45, 2.75) is 26.2 Å². The van der Waals surface area contributed by atoms with Crippen molar-refractivity contribution in [2.24, 2.45) is 13.0 Å². The highest BCUT2D eigenvalue weighted by molar-refractivity contribution is 5.91. The molecule has 0 amide bonds. The van der Waals surface area contributed by atoms with Gasteiger partial charge in [0.05, 0.1) is 16.8 Å². The molecule has 2 aromatic rings. The van der Waals surface area contributed by atoms with E-state index in [1.54, 1.807) is 0 Å². The van der Waals surface area contributed by atoms with Crippen LogP contribution >= 0.6 is 0 Å². The summed E-state index contributed by atoms with van der Waals surface area (Å²) in [6.45, 7) is 3.21. The summed E-state index contributed by atoms with van der Waals surface area (Å²) in [5, 5.41) is 5.67. The van der Waals surface area contributed by atoms with Gasteiger partial charge in [-0.1, -0.05) is 6.42 Å². The molecule has 2 aromatic heterocycles. The third-order valence-corrected chi connectivity index (χ3v) is 4.05. The second kappa shape index (κ2) is 4.26. The Balaban J connectivity index is 1.99. The number of fused-ring (bicyclic) bond motifs is 1. The molecule has 0 atom stereocenters. The Bertz CT molecular complexity index is 568. The van der Waals surface area contributed by atoms with E-state index in [4.69, 9.17) is 0 Å². The van der Waals surface area contributed by atoms with E-state index in [1.807, 2.05) is 17.9 Å². The number of pyridine rings is 1. The highest BCUT2D eigenvalue weighted by atomic mass is 15.3. The van der Waals surface area contributed by atoms with Crippen LogP contribution in [0, 0.1) is 12.8 Å². The molecule has 1 saturated carbocycles. The quantitative estimate of drug-likeness (QED) is 0.832. The minimum Gasteiger partial charge on any atom is -0.374 e. The Labute approximate surface area is 108 Å². The fourth-order valence-electron chi connectivity index (χ4n) is 2.83. The SMILES string of the molecule is Cc1nn(C)c2nccc(N(C)CC3CCC3)c12. The molecule has 0 bridgehead atoms. The predicted molar refractivity (Wildman–Crippen MR) is 73.9 cm³/mol. The second-order valence-electron chi connectivity index (χ2n) is 5.42. The van der Waals surface area contributed by atoms with Crippen LogP contribution in [-0.2, 0) is 7.05 Å². The van der Waals surface area contributed by atoms with E-state index in [2.05, 4.69) is 35.0 Å². The molecule has 2 heterocycles. The van der Waals surface area contributed by atoms with Gasteiger partial charge in [0.2, 0.25) is 0 Å². The maximum atomic E-state index is 4.47. The molecule has 0 N–H and O–H groups in total. The lowest BCUT2D eigenvalue weighted by molar-refractivity contribution is 0.321. The van der Waals surface area contributed by atoms with Gasteiger partial charge in [-0.2, -0.15) is 5.10 Å². The lowest BCUT2D eigenvalue weighted by Gasteiger charge is -2.31. The smallest absolute Gasteiger partial charge is 0.159 e. The Hall–Kier alpha value is -1.58. The van der Waals surface area contributed by atoms with E-state index >= 15 is 0 Å². The number of aryl methyl sites for hydroxylation is 2. The van der Waals surface area contributed by atoms with E-state index in [9.17, 15) is 0 Å². The topological polar surface area (TPSA) is 34.0 Å². The third kappa shape index (κ3) is 1.76. The molecule has 4 nitrogen and oxygen atoms in total. The molecule has 18 heavy (non-hydrogen) atoms. The molecule has 0 unspecified atom stereocenters. The summed E-state index contributed by atoms with van der Waals surface area (Å²) in [5.41, 5.74) is 3.30. The molecule has 0 aromatic carbocycles. The number of rotatable bonds is 3. The summed E-state index contributed by atoms with van der Waals surface area (Å²) in [5.74, 6) is 0.871. The molecule has 1 fully saturated rings. The molecular formula is C14H20N4. The van der Waals surface area contributed by atoms with Gasteiger partial charge in [0, 0.05) is 26.8 Å². The average molecular weight is 244 g/mol. The van der Waals surface area contributed by atoms with Gasteiger partial charge in [-0.05, 0) is 31.7 Å². The summed E-state index contributed by atoms with van der Waals surface area (Å²) in [7, 11) is 4.14. The second-order valence-corrected chi connectivity index (χ2v) is 5.42. The van der Waals surface area contributed by atoms with Crippen LogP contribution < -0.4 is 4.90 Å². The molecular weight excluding hydrogens is 224 g/mol. The van der Waals surface area contributed by atoms with Crippen LogP contribution in [0.3, 0.4) is 0 Å². The molecule has 1 aliphatic rings. The first-order chi connectivity index (χ1) is 8.66. The van der Waals surface area contributed by atoms with Crippen molar-refractivity contribution in [2.75, 3.05) is 18.5 Å². The van der Waals surface area contributed by atoms with Crippen LogP contribution in [0.25, 0.3) is 11.0 Å². The van der Waals surface area contributed by atoms with Gasteiger partial charge in [-0.15, -0.1) is 0 Å². The predicted octanol–water partition coefficient (Wildman–Crippen LogP) is 2.51. The summed E-state index contributed by atoms with van der Waals surface area (Å²) in [4.78, 5) is 6.80. The highest BCUT2D eigenvalue weighted by Gasteiger charge is 2.21. The zero-order chi connectivity index (χ0) is 12.7. The van der Waals surface area contributed by atoms with Gasteiger partial charge in [-0.3, -0.25) is 4.68 Å². The largest absolute Gasteiger partial charge is 0.374 e. The van der Waals surface area contributed by atoms with Crippen LogP contribution in [-0.4, -0.2) is 28.4 Å². The Morgan fingerprint density at radius 1 is 1.44 bits per heavy atom. The fourth-order valence-corrected chi connectivity index (χ4v) is 2.83. The maximum absolute atomic E-state index is 4.47. The van der Waals surface area contributed by atoms with Crippen LogP contribution in [0.15, 0.2) is 12.3 Å². The fraction of sp³-hybridized carbons (Fsp3) is 0.571. The first-order valence-corrected chi connectivity index (χ1v) is 6.66. The normalized spacial score (nSPS) is 15.9. The van der Waals surface area contributed by atoms with Gasteiger partial charge in [0.15, 0.2) is 5.65 Å². The molecule has 0 saturated heterocycles.